The molecule has 3 aromatic rings. The first-order valence-electron chi connectivity index (χ1n) is 9.51. The van der Waals surface area contributed by atoms with E-state index in [4.69, 9.17) is 38.0 Å². The Morgan fingerprint density at radius 2 is 2.23 bits per heavy atom. The van der Waals surface area contributed by atoms with E-state index in [1.807, 2.05) is 40.3 Å². The van der Waals surface area contributed by atoms with Crippen molar-refractivity contribution >= 4 is 45.9 Å². The number of β-amino-alcohol motifs (C(OH)–C–C–N with tert-alkyl or cyclic N) is 1. The minimum Gasteiger partial charge on any atom is -0.481 e. The number of aromatic amines is 1. The van der Waals surface area contributed by atoms with Gasteiger partial charge in [-0.3, -0.25) is 4.79 Å². The third kappa shape index (κ3) is 4.22. The second-order valence-electron chi connectivity index (χ2n) is 7.19. The molecule has 1 aromatic carbocycles. The molecular formula is C20H21Cl2N4O4+. The van der Waals surface area contributed by atoms with Crippen LogP contribution in [0.3, 0.4) is 0 Å². The van der Waals surface area contributed by atoms with E-state index in [0.29, 0.717) is 41.0 Å². The molecule has 3 N–H and O–H groups in total. The number of benzene rings is 1. The van der Waals surface area contributed by atoms with Crippen LogP contribution in [0.4, 0.5) is 5.82 Å². The van der Waals surface area contributed by atoms with E-state index >= 15 is 0 Å². The van der Waals surface area contributed by atoms with Crippen molar-refractivity contribution in [3.8, 4) is 5.69 Å². The first-order chi connectivity index (χ1) is 14.4. The number of carboxylic acids is 1. The SMILES string of the molecule is O=C(O)CCOC[C@@H]1C[C@H](O)CN1c1cc(-[n+]2cc[nH]c2)c2ccc(Cl)c(Cl)c2n1. The average molecular weight is 452 g/mol. The third-order valence-electron chi connectivity index (χ3n) is 5.12. The maximum absolute atomic E-state index is 10.7. The maximum atomic E-state index is 10.7. The molecular weight excluding hydrogens is 431 g/mol. The Bertz CT molecular complexity index is 1060. The van der Waals surface area contributed by atoms with Gasteiger partial charge in [0.25, 0.3) is 0 Å². The van der Waals surface area contributed by atoms with Crippen LogP contribution in [0, 0.1) is 0 Å². The molecule has 1 saturated heterocycles. The molecule has 0 radical (unpaired) electrons. The number of H-pyrrole nitrogens is 1. The van der Waals surface area contributed by atoms with Gasteiger partial charge in [0.1, 0.15) is 23.9 Å². The summed E-state index contributed by atoms with van der Waals surface area (Å²) >= 11 is 12.7. The number of aliphatic hydroxyl groups is 1. The van der Waals surface area contributed by atoms with Crippen LogP contribution in [-0.2, 0) is 9.53 Å². The van der Waals surface area contributed by atoms with Crippen LogP contribution in [0.25, 0.3) is 16.6 Å². The standard InChI is InChI=1S/C20H20Cl2N4O4/c21-15-2-1-14-16(25-5-4-23-11-25)8-17(24-20(14)19(15)22)26-9-13(27)7-12(26)10-30-6-3-18(28)29/h1-2,4-5,8,11-13,27H,3,6-7,9-10H2,(H,28,29)/p+1/t12-,13-/m0/s1. The van der Waals surface area contributed by atoms with Crippen LogP contribution in [0.2, 0.25) is 10.0 Å². The Balaban J connectivity index is 1.72. The summed E-state index contributed by atoms with van der Waals surface area (Å²) < 4.78 is 7.46. The molecule has 0 spiro atoms. The van der Waals surface area contributed by atoms with Crippen molar-refractivity contribution in [2.45, 2.75) is 25.0 Å². The molecule has 10 heteroatoms. The van der Waals surface area contributed by atoms with Gasteiger partial charge in [-0.25, -0.2) is 14.5 Å². The van der Waals surface area contributed by atoms with Crippen LogP contribution in [0.15, 0.2) is 36.9 Å². The van der Waals surface area contributed by atoms with Gasteiger partial charge in [-0.2, -0.15) is 0 Å². The number of pyridine rings is 1. The van der Waals surface area contributed by atoms with Crippen molar-refractivity contribution in [3.05, 3.63) is 47.0 Å². The summed E-state index contributed by atoms with van der Waals surface area (Å²) in [5.41, 5.74) is 1.43. The van der Waals surface area contributed by atoms with Crippen LogP contribution < -0.4 is 9.47 Å². The number of carboxylic acid groups (broad SMARTS) is 1. The van der Waals surface area contributed by atoms with Gasteiger partial charge >= 0.3 is 5.97 Å². The quantitative estimate of drug-likeness (QED) is 0.376. The van der Waals surface area contributed by atoms with Crippen LogP contribution in [0.5, 0.6) is 0 Å². The fourth-order valence-electron chi connectivity index (χ4n) is 3.71. The summed E-state index contributed by atoms with van der Waals surface area (Å²) in [4.78, 5) is 20.5. The zero-order chi connectivity index (χ0) is 21.3. The number of nitrogens with one attached hydrogen (secondary N) is 1. The molecule has 0 bridgehead atoms. The Labute approximate surface area is 182 Å². The molecule has 1 fully saturated rings. The predicted octanol–water partition coefficient (Wildman–Crippen LogP) is 2.58. The highest BCUT2D eigenvalue weighted by molar-refractivity contribution is 6.45. The number of nitrogens with zero attached hydrogens (tertiary/aromatic N) is 3. The highest BCUT2D eigenvalue weighted by Crippen LogP contribution is 2.35. The maximum Gasteiger partial charge on any atom is 0.305 e. The van der Waals surface area contributed by atoms with E-state index < -0.39 is 12.1 Å². The van der Waals surface area contributed by atoms with Crippen molar-refractivity contribution in [3.63, 3.8) is 0 Å². The summed E-state index contributed by atoms with van der Waals surface area (Å²) in [7, 11) is 0. The number of hydrogen-bond acceptors (Lipinski definition) is 5. The monoisotopic (exact) mass is 451 g/mol. The zero-order valence-electron chi connectivity index (χ0n) is 16.0. The van der Waals surface area contributed by atoms with Crippen molar-refractivity contribution < 1.29 is 24.3 Å². The highest BCUT2D eigenvalue weighted by atomic mass is 35.5. The minimum absolute atomic E-state index is 0.0636. The topological polar surface area (TPSA) is 103 Å². The first kappa shape index (κ1) is 20.9. The third-order valence-corrected chi connectivity index (χ3v) is 5.91. The van der Waals surface area contributed by atoms with E-state index in [9.17, 15) is 9.90 Å². The van der Waals surface area contributed by atoms with Crippen molar-refractivity contribution in [2.24, 2.45) is 0 Å². The second-order valence-corrected chi connectivity index (χ2v) is 7.98. The number of ether oxygens (including phenoxy) is 1. The van der Waals surface area contributed by atoms with Gasteiger partial charge in [0.05, 0.1) is 47.3 Å². The van der Waals surface area contributed by atoms with Gasteiger partial charge in [0, 0.05) is 18.0 Å². The Morgan fingerprint density at radius 1 is 1.40 bits per heavy atom. The molecule has 2 atom stereocenters. The first-order valence-corrected chi connectivity index (χ1v) is 10.3. The Morgan fingerprint density at radius 3 is 2.97 bits per heavy atom. The largest absolute Gasteiger partial charge is 0.481 e. The van der Waals surface area contributed by atoms with Gasteiger partial charge in [-0.1, -0.05) is 23.2 Å². The normalized spacial score (nSPS) is 19.0. The van der Waals surface area contributed by atoms with Crippen LogP contribution >= 0.6 is 23.2 Å². The molecule has 2 aromatic heterocycles. The molecule has 1 aliphatic heterocycles. The number of aromatic nitrogens is 3. The van der Waals surface area contributed by atoms with Crippen LogP contribution in [-0.4, -0.2) is 58.1 Å². The fourth-order valence-corrected chi connectivity index (χ4v) is 4.07. The molecule has 0 amide bonds. The lowest BCUT2D eigenvalue weighted by molar-refractivity contribution is -0.592. The molecule has 3 heterocycles. The molecule has 1 aliphatic rings. The van der Waals surface area contributed by atoms with Crippen molar-refractivity contribution in [1.82, 2.24) is 9.97 Å². The summed E-state index contributed by atoms with van der Waals surface area (Å²) in [6.07, 6.45) is 5.41. The lowest BCUT2D eigenvalue weighted by Gasteiger charge is -2.26. The van der Waals surface area contributed by atoms with E-state index in [1.54, 1.807) is 6.07 Å². The number of aliphatic hydroxyl groups excluding tert-OH is 1. The van der Waals surface area contributed by atoms with E-state index in [2.05, 4.69) is 4.98 Å². The number of imidazole rings is 1. The molecule has 4 rings (SSSR count). The minimum atomic E-state index is -0.908. The van der Waals surface area contributed by atoms with Crippen molar-refractivity contribution in [2.75, 3.05) is 24.7 Å². The molecule has 0 aliphatic carbocycles. The summed E-state index contributed by atoms with van der Waals surface area (Å²) in [6.45, 7) is 0.799. The second kappa shape index (κ2) is 8.77. The predicted molar refractivity (Wildman–Crippen MR) is 112 cm³/mol. The molecule has 0 unspecified atom stereocenters. The molecule has 30 heavy (non-hydrogen) atoms. The summed E-state index contributed by atoms with van der Waals surface area (Å²) in [5, 5.41) is 20.7. The van der Waals surface area contributed by atoms with Crippen molar-refractivity contribution in [1.29, 1.82) is 0 Å². The molecule has 8 nitrogen and oxygen atoms in total. The Hall–Kier alpha value is -2.39. The smallest absolute Gasteiger partial charge is 0.305 e. The number of anilines is 1. The lowest BCUT2D eigenvalue weighted by atomic mass is 10.1. The van der Waals surface area contributed by atoms with Gasteiger partial charge in [-0.05, 0) is 18.6 Å². The summed E-state index contributed by atoms with van der Waals surface area (Å²) in [6, 6.07) is 5.41. The number of halogens is 2. The highest BCUT2D eigenvalue weighted by Gasteiger charge is 2.33. The number of fused-ring (bicyclic) bond motifs is 1. The summed E-state index contributed by atoms with van der Waals surface area (Å²) in [5.74, 6) is -0.270. The van der Waals surface area contributed by atoms with E-state index in [1.165, 1.54) is 0 Å². The molecule has 0 saturated carbocycles. The number of rotatable bonds is 7. The zero-order valence-corrected chi connectivity index (χ0v) is 17.5. The van der Waals surface area contributed by atoms with Gasteiger partial charge in [-0.15, -0.1) is 0 Å². The fraction of sp³-hybridized carbons (Fsp3) is 0.350. The van der Waals surface area contributed by atoms with Crippen LogP contribution in [0.1, 0.15) is 12.8 Å². The van der Waals surface area contributed by atoms with E-state index in [0.717, 1.165) is 11.1 Å². The van der Waals surface area contributed by atoms with Gasteiger partial charge in [0.15, 0.2) is 0 Å². The molecule has 158 valence electrons. The number of aliphatic carboxylic acids is 1. The Kier molecular flexibility index (Phi) is 6.10. The van der Waals surface area contributed by atoms with Gasteiger partial charge in [0.2, 0.25) is 6.33 Å². The van der Waals surface area contributed by atoms with Gasteiger partial charge < -0.3 is 19.8 Å². The number of hydrogen-bond donors (Lipinski definition) is 3. The number of carbonyl (C=O) groups is 1. The lowest BCUT2D eigenvalue weighted by Crippen LogP contribution is -2.35. The van der Waals surface area contributed by atoms with E-state index in [-0.39, 0.29) is 19.1 Å². The average Bonchev–Trinajstić information content (AvgIpc) is 3.37.